The van der Waals surface area contributed by atoms with Gasteiger partial charge in [0.2, 0.25) is 5.91 Å². The van der Waals surface area contributed by atoms with Crippen molar-refractivity contribution in [1.29, 1.82) is 0 Å². The van der Waals surface area contributed by atoms with Gasteiger partial charge in [-0.25, -0.2) is 4.79 Å². The minimum Gasteiger partial charge on any atom is -0.480 e. The molecule has 0 aliphatic carbocycles. The standard InChI is InChI=1S/C14H13ClN2O3/c15-8-2-3-9-11(5-8)17-13(18)12(9)7-1-4-10(14(19)20)16-6-7/h2-3,5-6,10,12,16H,1,4H2,(H,17,18)(H,19,20). The van der Waals surface area contributed by atoms with Crippen LogP contribution in [0.25, 0.3) is 0 Å². The summed E-state index contributed by atoms with van der Waals surface area (Å²) in [6.45, 7) is 0. The molecule has 0 saturated carbocycles. The summed E-state index contributed by atoms with van der Waals surface area (Å²) in [6, 6.07) is 4.74. The molecule has 0 radical (unpaired) electrons. The van der Waals surface area contributed by atoms with Crippen molar-refractivity contribution in [2.45, 2.75) is 24.8 Å². The van der Waals surface area contributed by atoms with Gasteiger partial charge in [-0.15, -0.1) is 0 Å². The largest absolute Gasteiger partial charge is 0.480 e. The van der Waals surface area contributed by atoms with Crippen LogP contribution in [0.15, 0.2) is 30.0 Å². The molecule has 3 N–H and O–H groups in total. The number of carboxylic acids is 1. The lowest BCUT2D eigenvalue weighted by Crippen LogP contribution is -2.36. The zero-order chi connectivity index (χ0) is 14.3. The van der Waals surface area contributed by atoms with Gasteiger partial charge >= 0.3 is 5.97 Å². The number of carboxylic acid groups (broad SMARTS) is 1. The van der Waals surface area contributed by atoms with Gasteiger partial charge < -0.3 is 15.7 Å². The predicted molar refractivity (Wildman–Crippen MR) is 74.7 cm³/mol. The number of rotatable bonds is 2. The summed E-state index contributed by atoms with van der Waals surface area (Å²) in [5, 5.41) is 15.2. The molecule has 1 amide bonds. The summed E-state index contributed by atoms with van der Waals surface area (Å²) in [6.07, 6.45) is 2.73. The molecule has 0 saturated heterocycles. The number of hydrogen-bond acceptors (Lipinski definition) is 3. The van der Waals surface area contributed by atoms with E-state index in [1.807, 2.05) is 6.07 Å². The van der Waals surface area contributed by atoms with Crippen molar-refractivity contribution < 1.29 is 14.7 Å². The molecule has 2 aliphatic rings. The summed E-state index contributed by atoms with van der Waals surface area (Å²) in [5.74, 6) is -1.32. The first-order valence-electron chi connectivity index (χ1n) is 6.34. The van der Waals surface area contributed by atoms with E-state index in [1.54, 1.807) is 18.3 Å². The Morgan fingerprint density at radius 1 is 1.40 bits per heavy atom. The molecule has 0 bridgehead atoms. The summed E-state index contributed by atoms with van der Waals surface area (Å²) < 4.78 is 0. The van der Waals surface area contributed by atoms with Crippen LogP contribution < -0.4 is 10.6 Å². The molecule has 0 fully saturated rings. The lowest BCUT2D eigenvalue weighted by atomic mass is 9.87. The van der Waals surface area contributed by atoms with Crippen molar-refractivity contribution in [3.63, 3.8) is 0 Å². The smallest absolute Gasteiger partial charge is 0.326 e. The zero-order valence-corrected chi connectivity index (χ0v) is 11.3. The van der Waals surface area contributed by atoms with Gasteiger partial charge in [-0.05, 0) is 42.3 Å². The first-order chi connectivity index (χ1) is 9.56. The Labute approximate surface area is 120 Å². The van der Waals surface area contributed by atoms with Gasteiger partial charge in [0.25, 0.3) is 0 Å². The van der Waals surface area contributed by atoms with E-state index in [-0.39, 0.29) is 11.8 Å². The molecule has 0 aromatic heterocycles. The number of nitrogens with one attached hydrogen (secondary N) is 2. The molecule has 2 unspecified atom stereocenters. The van der Waals surface area contributed by atoms with Gasteiger partial charge in [0, 0.05) is 10.7 Å². The summed E-state index contributed by atoms with van der Waals surface area (Å²) in [4.78, 5) is 23.0. The van der Waals surface area contributed by atoms with Crippen LogP contribution in [0.2, 0.25) is 5.02 Å². The average molecular weight is 293 g/mol. The van der Waals surface area contributed by atoms with Crippen LogP contribution in [0, 0.1) is 0 Å². The van der Waals surface area contributed by atoms with Gasteiger partial charge in [-0.1, -0.05) is 17.7 Å². The van der Waals surface area contributed by atoms with Crippen molar-refractivity contribution in [3.05, 3.63) is 40.6 Å². The number of halogens is 1. The Balaban J connectivity index is 1.89. The van der Waals surface area contributed by atoms with Crippen LogP contribution in [0.3, 0.4) is 0 Å². The molecular weight excluding hydrogens is 280 g/mol. The molecule has 2 aliphatic heterocycles. The predicted octanol–water partition coefficient (Wildman–Crippen LogP) is 2.10. The number of carbonyl (C=O) groups is 2. The van der Waals surface area contributed by atoms with Gasteiger partial charge in [0.1, 0.15) is 6.04 Å². The Bertz CT molecular complexity index is 627. The second-order valence-corrected chi connectivity index (χ2v) is 5.41. The fourth-order valence-electron chi connectivity index (χ4n) is 2.70. The number of aliphatic carboxylic acids is 1. The number of fused-ring (bicyclic) bond motifs is 1. The molecule has 6 heteroatoms. The van der Waals surface area contributed by atoms with Gasteiger partial charge in [-0.2, -0.15) is 0 Å². The van der Waals surface area contributed by atoms with Crippen LogP contribution in [-0.4, -0.2) is 23.0 Å². The maximum atomic E-state index is 12.1. The van der Waals surface area contributed by atoms with Crippen molar-refractivity contribution in [2.24, 2.45) is 0 Å². The van der Waals surface area contributed by atoms with E-state index < -0.39 is 12.0 Å². The molecule has 2 atom stereocenters. The van der Waals surface area contributed by atoms with Gasteiger partial charge in [0.05, 0.1) is 5.92 Å². The maximum absolute atomic E-state index is 12.1. The molecule has 104 valence electrons. The summed E-state index contributed by atoms with van der Waals surface area (Å²) in [7, 11) is 0. The second-order valence-electron chi connectivity index (χ2n) is 4.97. The minimum absolute atomic E-state index is 0.0934. The molecule has 20 heavy (non-hydrogen) atoms. The molecule has 5 nitrogen and oxygen atoms in total. The fourth-order valence-corrected chi connectivity index (χ4v) is 2.87. The van der Waals surface area contributed by atoms with Crippen molar-refractivity contribution >= 4 is 29.2 Å². The van der Waals surface area contributed by atoms with Crippen molar-refractivity contribution in [1.82, 2.24) is 5.32 Å². The number of benzene rings is 1. The SMILES string of the molecule is O=C(O)C1CCC(C2C(=O)Nc3cc(Cl)ccc32)=CN1. The van der Waals surface area contributed by atoms with Crippen LogP contribution in [-0.2, 0) is 9.59 Å². The highest BCUT2D eigenvalue weighted by atomic mass is 35.5. The van der Waals surface area contributed by atoms with E-state index in [1.165, 1.54) is 0 Å². The summed E-state index contributed by atoms with van der Waals surface area (Å²) >= 11 is 5.92. The minimum atomic E-state index is -0.872. The van der Waals surface area contributed by atoms with E-state index in [4.69, 9.17) is 16.7 Å². The highest BCUT2D eigenvalue weighted by Crippen LogP contribution is 2.40. The Morgan fingerprint density at radius 2 is 2.20 bits per heavy atom. The highest BCUT2D eigenvalue weighted by molar-refractivity contribution is 6.31. The Morgan fingerprint density at radius 3 is 2.85 bits per heavy atom. The number of carbonyl (C=O) groups excluding carboxylic acids is 1. The van der Waals surface area contributed by atoms with E-state index in [0.717, 1.165) is 16.8 Å². The van der Waals surface area contributed by atoms with E-state index >= 15 is 0 Å². The van der Waals surface area contributed by atoms with Gasteiger partial charge in [-0.3, -0.25) is 4.79 Å². The quantitative estimate of drug-likeness (QED) is 0.780. The fraction of sp³-hybridized carbons (Fsp3) is 0.286. The Hall–Kier alpha value is -2.01. The monoisotopic (exact) mass is 292 g/mol. The van der Waals surface area contributed by atoms with Crippen molar-refractivity contribution in [3.8, 4) is 0 Å². The van der Waals surface area contributed by atoms with Crippen LogP contribution >= 0.6 is 11.6 Å². The number of amides is 1. The zero-order valence-electron chi connectivity index (χ0n) is 10.5. The molecule has 3 rings (SSSR count). The van der Waals surface area contributed by atoms with Crippen LogP contribution in [0.4, 0.5) is 5.69 Å². The first kappa shape index (κ1) is 13.0. The van der Waals surface area contributed by atoms with E-state index in [9.17, 15) is 9.59 Å². The average Bonchev–Trinajstić information content (AvgIpc) is 2.73. The third-order valence-electron chi connectivity index (χ3n) is 3.71. The molecule has 0 spiro atoms. The molecular formula is C14H13ClN2O3. The second kappa shape index (κ2) is 4.83. The molecule has 2 heterocycles. The third kappa shape index (κ3) is 2.14. The lowest BCUT2D eigenvalue weighted by molar-refractivity contribution is -0.139. The summed E-state index contributed by atoms with van der Waals surface area (Å²) in [5.41, 5.74) is 2.52. The number of anilines is 1. The highest BCUT2D eigenvalue weighted by Gasteiger charge is 2.35. The molecule has 1 aromatic rings. The lowest BCUT2D eigenvalue weighted by Gasteiger charge is -2.23. The normalized spacial score (nSPS) is 24.4. The van der Waals surface area contributed by atoms with Crippen molar-refractivity contribution in [2.75, 3.05) is 5.32 Å². The topological polar surface area (TPSA) is 78.4 Å². The first-order valence-corrected chi connectivity index (χ1v) is 6.72. The number of hydrogen-bond donors (Lipinski definition) is 3. The Kier molecular flexibility index (Phi) is 3.14. The van der Waals surface area contributed by atoms with Crippen LogP contribution in [0.5, 0.6) is 0 Å². The van der Waals surface area contributed by atoms with E-state index in [0.29, 0.717) is 17.9 Å². The third-order valence-corrected chi connectivity index (χ3v) is 3.94. The maximum Gasteiger partial charge on any atom is 0.326 e. The van der Waals surface area contributed by atoms with E-state index in [2.05, 4.69) is 10.6 Å². The van der Waals surface area contributed by atoms with Crippen LogP contribution in [0.1, 0.15) is 24.3 Å². The molecule has 1 aromatic carbocycles. The van der Waals surface area contributed by atoms with Gasteiger partial charge in [0.15, 0.2) is 0 Å².